The fourth-order valence-corrected chi connectivity index (χ4v) is 3.47. The summed E-state index contributed by atoms with van der Waals surface area (Å²) in [5.74, 6) is 0.725. The highest BCUT2D eigenvalue weighted by Crippen LogP contribution is 2.26. The van der Waals surface area contributed by atoms with Gasteiger partial charge in [-0.05, 0) is 51.3 Å². The topological polar surface area (TPSA) is 44.0 Å². The molecule has 3 rings (SSSR count). The monoisotopic (exact) mass is 286 g/mol. The molecule has 0 radical (unpaired) electrons. The largest absolute Gasteiger partial charge is 0.381 e. The molecule has 2 aromatic rings. The Hall–Kier alpha value is -1.55. The van der Waals surface area contributed by atoms with Crippen LogP contribution in [-0.2, 0) is 0 Å². The normalized spacial score (nSPS) is 21.5. The van der Waals surface area contributed by atoms with Gasteiger partial charge in [-0.1, -0.05) is 19.1 Å². The number of aromatic amines is 1. The molecular formula is C17H26N4. The first-order valence-electron chi connectivity index (χ1n) is 8.19. The van der Waals surface area contributed by atoms with E-state index in [4.69, 9.17) is 0 Å². The summed E-state index contributed by atoms with van der Waals surface area (Å²) in [4.78, 5) is 2.61. The summed E-state index contributed by atoms with van der Waals surface area (Å²) in [6.45, 7) is 8.31. The lowest BCUT2D eigenvalue weighted by Gasteiger charge is -2.36. The summed E-state index contributed by atoms with van der Waals surface area (Å²) in [5.41, 5.74) is 2.29. The molecule has 2 N–H and O–H groups in total. The number of aromatic nitrogens is 2. The van der Waals surface area contributed by atoms with Gasteiger partial charge in [0.1, 0.15) is 0 Å². The molecule has 0 amide bonds. The first-order chi connectivity index (χ1) is 10.3. The van der Waals surface area contributed by atoms with Crippen LogP contribution >= 0.6 is 0 Å². The third-order valence-electron chi connectivity index (χ3n) is 4.65. The van der Waals surface area contributed by atoms with E-state index in [-0.39, 0.29) is 0 Å². The maximum absolute atomic E-state index is 4.14. The fraction of sp³-hybridized carbons (Fsp3) is 0.588. The van der Waals surface area contributed by atoms with Crippen molar-refractivity contribution in [2.45, 2.75) is 39.2 Å². The van der Waals surface area contributed by atoms with E-state index in [0.29, 0.717) is 6.04 Å². The van der Waals surface area contributed by atoms with Crippen molar-refractivity contribution in [2.75, 3.05) is 25.0 Å². The van der Waals surface area contributed by atoms with Crippen molar-refractivity contribution >= 4 is 16.6 Å². The van der Waals surface area contributed by atoms with Crippen LogP contribution in [0.3, 0.4) is 0 Å². The fourth-order valence-electron chi connectivity index (χ4n) is 3.47. The molecular weight excluding hydrogens is 260 g/mol. The molecule has 2 atom stereocenters. The van der Waals surface area contributed by atoms with Crippen molar-refractivity contribution in [3.8, 4) is 0 Å². The summed E-state index contributed by atoms with van der Waals surface area (Å²) in [7, 11) is 0. The van der Waals surface area contributed by atoms with Crippen molar-refractivity contribution in [2.24, 2.45) is 5.92 Å². The molecule has 0 bridgehead atoms. The van der Waals surface area contributed by atoms with Crippen molar-refractivity contribution in [1.82, 2.24) is 15.1 Å². The molecule has 2 heterocycles. The smallest absolute Gasteiger partial charge is 0.0881 e. The molecule has 2 unspecified atom stereocenters. The number of fused-ring (bicyclic) bond motifs is 1. The van der Waals surface area contributed by atoms with E-state index in [1.807, 2.05) is 6.20 Å². The highest BCUT2D eigenvalue weighted by atomic mass is 15.1. The van der Waals surface area contributed by atoms with Crippen LogP contribution in [0.5, 0.6) is 0 Å². The van der Waals surface area contributed by atoms with Gasteiger partial charge < -0.3 is 10.2 Å². The third-order valence-corrected chi connectivity index (χ3v) is 4.65. The average molecular weight is 286 g/mol. The van der Waals surface area contributed by atoms with E-state index >= 15 is 0 Å². The number of para-hydroxylation sites is 1. The number of hydrogen-bond donors (Lipinski definition) is 2. The molecule has 1 aromatic heterocycles. The number of hydrogen-bond acceptors (Lipinski definition) is 3. The number of nitrogens with zero attached hydrogens (tertiary/aromatic N) is 2. The molecule has 0 spiro atoms. The molecule has 1 aromatic carbocycles. The maximum atomic E-state index is 4.14. The first-order valence-corrected chi connectivity index (χ1v) is 8.19. The molecule has 4 heteroatoms. The molecule has 1 fully saturated rings. The highest BCUT2D eigenvalue weighted by Gasteiger charge is 2.24. The van der Waals surface area contributed by atoms with Crippen LogP contribution < -0.4 is 5.32 Å². The Balaban J connectivity index is 1.68. The Morgan fingerprint density at radius 1 is 1.48 bits per heavy atom. The van der Waals surface area contributed by atoms with E-state index < -0.39 is 0 Å². The van der Waals surface area contributed by atoms with Gasteiger partial charge >= 0.3 is 0 Å². The number of nitrogens with one attached hydrogen (secondary N) is 2. The van der Waals surface area contributed by atoms with Gasteiger partial charge in [-0.3, -0.25) is 5.10 Å². The number of anilines is 1. The number of H-pyrrole nitrogens is 1. The zero-order valence-electron chi connectivity index (χ0n) is 13.1. The van der Waals surface area contributed by atoms with E-state index in [0.717, 1.165) is 11.4 Å². The molecule has 1 saturated heterocycles. The number of rotatable bonds is 5. The first kappa shape index (κ1) is 14.4. The summed E-state index contributed by atoms with van der Waals surface area (Å²) >= 11 is 0. The van der Waals surface area contributed by atoms with Crippen molar-refractivity contribution < 1.29 is 0 Å². The van der Waals surface area contributed by atoms with Gasteiger partial charge in [0.2, 0.25) is 0 Å². The van der Waals surface area contributed by atoms with Crippen LogP contribution in [0.2, 0.25) is 0 Å². The van der Waals surface area contributed by atoms with Crippen LogP contribution in [0.25, 0.3) is 10.9 Å². The van der Waals surface area contributed by atoms with Gasteiger partial charge in [-0.2, -0.15) is 5.10 Å². The van der Waals surface area contributed by atoms with E-state index in [1.54, 1.807) is 0 Å². The predicted molar refractivity (Wildman–Crippen MR) is 88.6 cm³/mol. The summed E-state index contributed by atoms with van der Waals surface area (Å²) in [5, 5.41) is 12.1. The van der Waals surface area contributed by atoms with Crippen molar-refractivity contribution in [3.05, 3.63) is 24.4 Å². The van der Waals surface area contributed by atoms with Crippen molar-refractivity contribution in [3.63, 3.8) is 0 Å². The maximum Gasteiger partial charge on any atom is 0.0881 e. The van der Waals surface area contributed by atoms with Crippen LogP contribution in [0, 0.1) is 5.92 Å². The quantitative estimate of drug-likeness (QED) is 0.884. The standard InChI is InChI=1S/C17H26N4/c1-3-9-21-10-5-7-15(12-21)13(2)19-16-8-4-6-14-11-18-20-17(14)16/h4,6,8,11,13,15,19H,3,5,7,9-10,12H2,1-2H3,(H,18,20). The Morgan fingerprint density at radius 3 is 3.24 bits per heavy atom. The van der Waals surface area contributed by atoms with Gasteiger partial charge in [-0.15, -0.1) is 0 Å². The minimum atomic E-state index is 0.485. The van der Waals surface area contributed by atoms with Crippen LogP contribution in [0.4, 0.5) is 5.69 Å². The van der Waals surface area contributed by atoms with Gasteiger partial charge in [-0.25, -0.2) is 0 Å². The Labute approximate surface area is 126 Å². The molecule has 0 saturated carbocycles. The Bertz CT molecular complexity index is 575. The van der Waals surface area contributed by atoms with E-state index in [9.17, 15) is 0 Å². The SMILES string of the molecule is CCCN1CCCC(C(C)Nc2cccc3cn[nH]c23)C1. The van der Waals surface area contributed by atoms with Crippen LogP contribution in [0.15, 0.2) is 24.4 Å². The molecule has 21 heavy (non-hydrogen) atoms. The lowest BCUT2D eigenvalue weighted by Crippen LogP contribution is -2.42. The lowest BCUT2D eigenvalue weighted by molar-refractivity contribution is 0.165. The summed E-state index contributed by atoms with van der Waals surface area (Å²) in [6.07, 6.45) is 5.79. The molecule has 0 aliphatic carbocycles. The highest BCUT2D eigenvalue weighted by molar-refractivity contribution is 5.89. The Kier molecular flexibility index (Phi) is 4.44. The van der Waals surface area contributed by atoms with Gasteiger partial charge in [0.25, 0.3) is 0 Å². The lowest BCUT2D eigenvalue weighted by atomic mass is 9.91. The number of piperidine rings is 1. The van der Waals surface area contributed by atoms with Gasteiger partial charge in [0.15, 0.2) is 0 Å². The molecule has 1 aliphatic heterocycles. The zero-order chi connectivity index (χ0) is 14.7. The van der Waals surface area contributed by atoms with E-state index in [2.05, 4.69) is 52.5 Å². The van der Waals surface area contributed by atoms with Gasteiger partial charge in [0.05, 0.1) is 17.4 Å². The minimum Gasteiger partial charge on any atom is -0.381 e. The molecule has 114 valence electrons. The second-order valence-corrected chi connectivity index (χ2v) is 6.28. The second-order valence-electron chi connectivity index (χ2n) is 6.28. The Morgan fingerprint density at radius 2 is 2.38 bits per heavy atom. The van der Waals surface area contributed by atoms with Crippen molar-refractivity contribution in [1.29, 1.82) is 0 Å². The molecule has 1 aliphatic rings. The molecule has 4 nitrogen and oxygen atoms in total. The number of likely N-dealkylation sites (tertiary alicyclic amines) is 1. The third kappa shape index (κ3) is 3.21. The second kappa shape index (κ2) is 6.48. The summed E-state index contributed by atoms with van der Waals surface area (Å²) < 4.78 is 0. The average Bonchev–Trinajstić information content (AvgIpc) is 2.97. The summed E-state index contributed by atoms with van der Waals surface area (Å²) in [6, 6.07) is 6.82. The van der Waals surface area contributed by atoms with E-state index in [1.165, 1.54) is 50.0 Å². The van der Waals surface area contributed by atoms with Gasteiger partial charge in [0, 0.05) is 18.0 Å². The number of benzene rings is 1. The van der Waals surface area contributed by atoms with Crippen LogP contribution in [-0.4, -0.2) is 40.8 Å². The predicted octanol–water partition coefficient (Wildman–Crippen LogP) is 3.49. The zero-order valence-corrected chi connectivity index (χ0v) is 13.1. The van der Waals surface area contributed by atoms with Crippen LogP contribution in [0.1, 0.15) is 33.1 Å². The minimum absolute atomic E-state index is 0.485.